The summed E-state index contributed by atoms with van der Waals surface area (Å²) in [5, 5.41) is 1.29. The van der Waals surface area contributed by atoms with Gasteiger partial charge in [-0.25, -0.2) is 0 Å². The third-order valence-corrected chi connectivity index (χ3v) is 7.16. The van der Waals surface area contributed by atoms with E-state index in [1.54, 1.807) is 11.2 Å². The Morgan fingerprint density at radius 2 is 1.76 bits per heavy atom. The van der Waals surface area contributed by atoms with Crippen LogP contribution in [0.5, 0.6) is 0 Å². The van der Waals surface area contributed by atoms with E-state index < -0.39 is 0 Å². The number of benzene rings is 2. The lowest BCUT2D eigenvalue weighted by molar-refractivity contribution is -0.136. The van der Waals surface area contributed by atoms with E-state index in [2.05, 4.69) is 71.0 Å². The van der Waals surface area contributed by atoms with E-state index in [1.165, 1.54) is 27.7 Å². The van der Waals surface area contributed by atoms with E-state index in [1.807, 2.05) is 19.2 Å². The van der Waals surface area contributed by atoms with Gasteiger partial charge in [-0.2, -0.15) is 0 Å². The first-order valence-electron chi connectivity index (χ1n) is 12.2. The highest BCUT2D eigenvalue weighted by Gasteiger charge is 2.28. The number of rotatable bonds is 7. The molecule has 3 heterocycles. The van der Waals surface area contributed by atoms with E-state index in [-0.39, 0.29) is 11.8 Å². The molecule has 0 aliphatic carbocycles. The molecule has 1 saturated heterocycles. The van der Waals surface area contributed by atoms with Gasteiger partial charge in [0, 0.05) is 37.3 Å². The predicted octanol–water partition coefficient (Wildman–Crippen LogP) is 5.46. The number of aryl methyl sites for hydroxylation is 1. The normalized spacial score (nSPS) is 15.1. The van der Waals surface area contributed by atoms with Crippen molar-refractivity contribution in [1.82, 2.24) is 14.4 Å². The summed E-state index contributed by atoms with van der Waals surface area (Å²) in [6.45, 7) is 6.38. The quantitative estimate of drug-likeness (QED) is 0.372. The van der Waals surface area contributed by atoms with Crippen LogP contribution in [0.2, 0.25) is 0 Å². The standard InChI is InChI=1S/C29H33N3O2/c1-22-8-3-4-10-25(22)19-32-26(18-24-9-5-6-12-28(24)32)20-31-15-13-23(14-16-31)29(33)30(2)21-27-11-7-17-34-27/h3-12,17-18,23H,13-16,19-21H2,1-2H3. The van der Waals surface area contributed by atoms with Crippen molar-refractivity contribution in [2.45, 2.75) is 39.4 Å². The van der Waals surface area contributed by atoms with Gasteiger partial charge in [0.1, 0.15) is 5.76 Å². The summed E-state index contributed by atoms with van der Waals surface area (Å²) in [6, 6.07) is 23.4. The average Bonchev–Trinajstić information content (AvgIpc) is 3.48. The molecular formula is C29H33N3O2. The highest BCUT2D eigenvalue weighted by Crippen LogP contribution is 2.26. The van der Waals surface area contributed by atoms with Crippen molar-refractivity contribution in [1.29, 1.82) is 0 Å². The van der Waals surface area contributed by atoms with Gasteiger partial charge in [-0.1, -0.05) is 42.5 Å². The molecule has 2 aromatic carbocycles. The minimum absolute atomic E-state index is 0.0917. The molecule has 0 bridgehead atoms. The summed E-state index contributed by atoms with van der Waals surface area (Å²) in [7, 11) is 1.88. The number of para-hydroxylation sites is 1. The van der Waals surface area contributed by atoms with Crippen molar-refractivity contribution in [3.63, 3.8) is 0 Å². The minimum Gasteiger partial charge on any atom is -0.467 e. The summed E-state index contributed by atoms with van der Waals surface area (Å²) in [6.07, 6.45) is 3.46. The van der Waals surface area contributed by atoms with Crippen LogP contribution >= 0.6 is 0 Å². The summed E-state index contributed by atoms with van der Waals surface area (Å²) in [4.78, 5) is 17.3. The second-order valence-electron chi connectivity index (χ2n) is 9.53. The van der Waals surface area contributed by atoms with Gasteiger partial charge in [-0.3, -0.25) is 9.69 Å². The second-order valence-corrected chi connectivity index (χ2v) is 9.53. The van der Waals surface area contributed by atoms with Crippen LogP contribution in [-0.2, 0) is 24.4 Å². The van der Waals surface area contributed by atoms with Gasteiger partial charge in [-0.15, -0.1) is 0 Å². The number of likely N-dealkylation sites (tertiary alicyclic amines) is 1. The van der Waals surface area contributed by atoms with Crippen LogP contribution in [0.4, 0.5) is 0 Å². The molecule has 1 aliphatic rings. The molecule has 0 N–H and O–H groups in total. The molecule has 0 radical (unpaired) electrons. The molecule has 1 amide bonds. The number of hydrogen-bond acceptors (Lipinski definition) is 3. The molecule has 34 heavy (non-hydrogen) atoms. The van der Waals surface area contributed by atoms with Crippen molar-refractivity contribution in [3.8, 4) is 0 Å². The Morgan fingerprint density at radius 1 is 1.00 bits per heavy atom. The lowest BCUT2D eigenvalue weighted by Gasteiger charge is -2.33. The topological polar surface area (TPSA) is 41.6 Å². The monoisotopic (exact) mass is 455 g/mol. The van der Waals surface area contributed by atoms with Crippen molar-refractivity contribution in [2.75, 3.05) is 20.1 Å². The Hall–Kier alpha value is -3.31. The van der Waals surface area contributed by atoms with Gasteiger partial charge >= 0.3 is 0 Å². The highest BCUT2D eigenvalue weighted by molar-refractivity contribution is 5.81. The molecule has 5 nitrogen and oxygen atoms in total. The number of amides is 1. The zero-order valence-corrected chi connectivity index (χ0v) is 20.1. The van der Waals surface area contributed by atoms with Crippen LogP contribution in [0.25, 0.3) is 10.9 Å². The average molecular weight is 456 g/mol. The van der Waals surface area contributed by atoms with Crippen LogP contribution in [0, 0.1) is 12.8 Å². The number of carbonyl (C=O) groups is 1. The Morgan fingerprint density at radius 3 is 2.53 bits per heavy atom. The Kier molecular flexibility index (Phi) is 6.54. The van der Waals surface area contributed by atoms with Crippen LogP contribution in [0.3, 0.4) is 0 Å². The number of fused-ring (bicyclic) bond motifs is 1. The van der Waals surface area contributed by atoms with Gasteiger partial charge < -0.3 is 13.9 Å². The molecule has 0 spiro atoms. The van der Waals surface area contributed by atoms with Gasteiger partial charge in [0.05, 0.1) is 12.8 Å². The Bertz CT molecular complexity index is 1250. The number of furan rings is 1. The van der Waals surface area contributed by atoms with Crippen molar-refractivity contribution in [3.05, 3.63) is 95.6 Å². The largest absolute Gasteiger partial charge is 0.467 e. The molecule has 1 fully saturated rings. The molecule has 176 valence electrons. The SMILES string of the molecule is Cc1ccccc1Cn1c(CN2CCC(C(=O)N(C)Cc3ccco3)CC2)cc2ccccc21. The van der Waals surface area contributed by atoms with Crippen molar-refractivity contribution < 1.29 is 9.21 Å². The summed E-state index contributed by atoms with van der Waals surface area (Å²) in [5.74, 6) is 1.15. The van der Waals surface area contributed by atoms with Crippen LogP contribution < -0.4 is 0 Å². The molecule has 2 aromatic heterocycles. The smallest absolute Gasteiger partial charge is 0.225 e. The Labute approximate surface area is 201 Å². The van der Waals surface area contributed by atoms with E-state index in [0.717, 1.165) is 44.8 Å². The molecule has 0 atom stereocenters. The van der Waals surface area contributed by atoms with Crippen LogP contribution in [0.1, 0.15) is 35.4 Å². The molecule has 5 rings (SSSR count). The third kappa shape index (κ3) is 4.80. The maximum absolute atomic E-state index is 13.0. The lowest BCUT2D eigenvalue weighted by atomic mass is 9.95. The molecule has 4 aromatic rings. The van der Waals surface area contributed by atoms with Crippen LogP contribution in [0.15, 0.2) is 77.4 Å². The van der Waals surface area contributed by atoms with Gasteiger partial charge in [0.2, 0.25) is 5.91 Å². The molecule has 5 heteroatoms. The summed E-state index contributed by atoms with van der Waals surface area (Å²) in [5.41, 5.74) is 5.30. The maximum Gasteiger partial charge on any atom is 0.225 e. The number of nitrogens with zero attached hydrogens (tertiary/aromatic N) is 3. The molecule has 1 aliphatic heterocycles. The van der Waals surface area contributed by atoms with E-state index in [4.69, 9.17) is 4.42 Å². The van der Waals surface area contributed by atoms with Gasteiger partial charge in [0.25, 0.3) is 0 Å². The fraction of sp³-hybridized carbons (Fsp3) is 0.345. The van der Waals surface area contributed by atoms with E-state index >= 15 is 0 Å². The highest BCUT2D eigenvalue weighted by atomic mass is 16.3. The van der Waals surface area contributed by atoms with Crippen molar-refractivity contribution in [2.24, 2.45) is 5.92 Å². The molecular weight excluding hydrogens is 422 g/mol. The summed E-state index contributed by atoms with van der Waals surface area (Å²) >= 11 is 0. The van der Waals surface area contributed by atoms with Crippen molar-refractivity contribution >= 4 is 16.8 Å². The van der Waals surface area contributed by atoms with E-state index in [0.29, 0.717) is 6.54 Å². The molecule has 0 unspecified atom stereocenters. The first-order valence-corrected chi connectivity index (χ1v) is 12.2. The zero-order valence-electron chi connectivity index (χ0n) is 20.1. The number of piperidine rings is 1. The number of aromatic nitrogens is 1. The first kappa shape index (κ1) is 22.5. The number of hydrogen-bond donors (Lipinski definition) is 0. The minimum atomic E-state index is 0.0917. The lowest BCUT2D eigenvalue weighted by Crippen LogP contribution is -2.41. The number of carbonyl (C=O) groups excluding carboxylic acids is 1. The fourth-order valence-electron chi connectivity index (χ4n) is 5.14. The zero-order chi connectivity index (χ0) is 23.5. The van der Waals surface area contributed by atoms with Crippen LogP contribution in [-0.4, -0.2) is 40.4 Å². The molecule has 0 saturated carbocycles. The van der Waals surface area contributed by atoms with Gasteiger partial charge in [0.15, 0.2) is 0 Å². The second kappa shape index (κ2) is 9.90. The Balaban J connectivity index is 1.26. The first-order chi connectivity index (χ1) is 16.6. The third-order valence-electron chi connectivity index (χ3n) is 7.16. The summed E-state index contributed by atoms with van der Waals surface area (Å²) < 4.78 is 7.87. The van der Waals surface area contributed by atoms with Gasteiger partial charge in [-0.05, 0) is 73.6 Å². The van der Waals surface area contributed by atoms with E-state index in [9.17, 15) is 4.79 Å². The predicted molar refractivity (Wildman–Crippen MR) is 135 cm³/mol. The fourth-order valence-corrected chi connectivity index (χ4v) is 5.14. The maximum atomic E-state index is 13.0.